The van der Waals surface area contributed by atoms with E-state index in [4.69, 9.17) is 29.2 Å². The van der Waals surface area contributed by atoms with E-state index in [2.05, 4.69) is 63.3 Å². The zero-order valence-corrected chi connectivity index (χ0v) is 45.5. The number of aryl methyl sites for hydroxylation is 2. The maximum Gasteiger partial charge on any atom is 0.407 e. The molecule has 0 aliphatic carbocycles. The number of fused-ring (bicyclic) bond motifs is 5. The molecule has 4 amide bonds. The van der Waals surface area contributed by atoms with Crippen molar-refractivity contribution >= 4 is 86.7 Å². The average Bonchev–Trinajstić information content (AvgIpc) is 4.19. The lowest BCUT2D eigenvalue weighted by molar-refractivity contribution is -0.138. The molecular weight excluding hydrogens is 1000 g/mol. The largest absolute Gasteiger partial charge is 0.464 e. The van der Waals surface area contributed by atoms with Gasteiger partial charge in [-0.3, -0.25) is 14.2 Å². The minimum Gasteiger partial charge on any atom is -0.464 e. The first-order chi connectivity index (χ1) is 33.1. The predicted molar refractivity (Wildman–Crippen MR) is 289 cm³/mol. The lowest BCUT2D eigenvalue weighted by Gasteiger charge is -2.32. The third-order valence-electron chi connectivity index (χ3n) is 13.4. The molecule has 2 saturated heterocycles. The normalized spacial score (nSPS) is 17.9. The summed E-state index contributed by atoms with van der Waals surface area (Å²) in [5.74, 6) is 1.11. The van der Waals surface area contributed by atoms with Gasteiger partial charge in [0.15, 0.2) is 0 Å². The van der Waals surface area contributed by atoms with E-state index in [-0.39, 0.29) is 58.4 Å². The molecule has 2 aromatic carbocycles. The SMILES string of the molecule is CCCc1ncc(C2Oc3cc(-c4cnc([C@@H]5CCCN5C(=O)[C@@H](NC(=O)OC)C(C)C)[nH]4)cc(C)c3-c3cc4cc(-c5cnc([C@@H]6CCCN6C(=O)C(NC(=O)OC)C(C)(C)F)[nH]5)ccc4n32)s1.S.S.S. The van der Waals surface area contributed by atoms with Crippen LogP contribution in [0.1, 0.15) is 112 Å². The predicted octanol–water partition coefficient (Wildman–Crippen LogP) is 9.26. The molecule has 0 bridgehead atoms. The fourth-order valence-corrected chi connectivity index (χ4v) is 11.0. The number of likely N-dealkylation sites (tertiary alicyclic amines) is 2. The molecule has 5 atom stereocenters. The van der Waals surface area contributed by atoms with Gasteiger partial charge in [0.25, 0.3) is 0 Å². The van der Waals surface area contributed by atoms with Gasteiger partial charge in [0.05, 0.1) is 71.2 Å². The molecule has 0 radical (unpaired) electrons. The highest BCUT2D eigenvalue weighted by molar-refractivity contribution is 7.59. The number of methoxy groups -OCH3 is 2. The number of thiazole rings is 1. The fourth-order valence-electron chi connectivity index (χ4n) is 9.99. The van der Waals surface area contributed by atoms with E-state index >= 15 is 4.39 Å². The number of carbonyl (C=O) groups excluding carboxylic acids is 4. The van der Waals surface area contributed by atoms with Crippen molar-refractivity contribution in [1.82, 2.24) is 49.9 Å². The summed E-state index contributed by atoms with van der Waals surface area (Å²) in [5, 5.41) is 7.13. The number of nitrogens with zero attached hydrogens (tertiary/aromatic N) is 6. The molecule has 72 heavy (non-hydrogen) atoms. The van der Waals surface area contributed by atoms with Gasteiger partial charge in [0.2, 0.25) is 18.0 Å². The van der Waals surface area contributed by atoms with Crippen molar-refractivity contribution in [2.75, 3.05) is 27.3 Å². The molecule has 4 N–H and O–H groups in total. The second kappa shape index (κ2) is 22.6. The van der Waals surface area contributed by atoms with Crippen LogP contribution >= 0.6 is 51.8 Å². The van der Waals surface area contributed by atoms with E-state index in [9.17, 15) is 19.2 Å². The fraction of sp³-hybridized carbons (Fsp3) is 0.460. The number of hydrogen-bond donors (Lipinski definition) is 4. The molecule has 17 nitrogen and oxygen atoms in total. The zero-order valence-electron chi connectivity index (χ0n) is 41.6. The number of halogens is 1. The summed E-state index contributed by atoms with van der Waals surface area (Å²) in [6.45, 7) is 11.5. The Morgan fingerprint density at radius 1 is 0.847 bits per heavy atom. The number of alkyl carbamates (subject to hydrolysis) is 2. The summed E-state index contributed by atoms with van der Waals surface area (Å²) in [7, 11) is 2.46. The lowest BCUT2D eigenvalue weighted by Crippen LogP contribution is -2.56. The quantitative estimate of drug-likeness (QED) is 0.0864. The Morgan fingerprint density at radius 2 is 1.46 bits per heavy atom. The molecule has 3 aliphatic heterocycles. The van der Waals surface area contributed by atoms with Crippen molar-refractivity contribution in [3.63, 3.8) is 0 Å². The summed E-state index contributed by atoms with van der Waals surface area (Å²) in [5.41, 5.74) is 5.20. The van der Waals surface area contributed by atoms with E-state index in [1.165, 1.54) is 28.1 Å². The second-order valence-corrected chi connectivity index (χ2v) is 20.1. The van der Waals surface area contributed by atoms with Gasteiger partial charge in [-0.05, 0) is 101 Å². The van der Waals surface area contributed by atoms with Crippen LogP contribution in [-0.2, 0) is 25.5 Å². The molecule has 6 aromatic rings. The number of ether oxygens (including phenoxy) is 3. The molecule has 2 fully saturated rings. The summed E-state index contributed by atoms with van der Waals surface area (Å²) in [4.78, 5) is 77.6. The molecule has 2 unspecified atom stereocenters. The van der Waals surface area contributed by atoms with E-state index < -0.39 is 48.1 Å². The van der Waals surface area contributed by atoms with E-state index in [0.29, 0.717) is 43.3 Å². The standard InChI is InChI=1S/C50H59FN10O7S.3H2S/c1-9-12-39-52-25-38(69-39)47-61-33-16-15-28(31-23-53-44(55-31)35-14-11-18-60(35)46(63)42(50(5,6)51)58-49(65)67-8)20-30(33)21-36(61)40-27(4)19-29(22-37(40)68-47)32-24-54-43(56-32)34-13-10-17-59(34)45(62)41(26(2)3)57-48(64)66-7;;;/h15-16,19-26,34-35,41-42,47H,9-14,17-18H2,1-8H3,(H,53,55)(H,54,56)(H,57,64)(H,58,65);3*1H2/t34-,35-,41-,42?,47?;;;/m0.../s1. The number of amides is 4. The maximum atomic E-state index is 15.3. The number of benzene rings is 2. The highest BCUT2D eigenvalue weighted by atomic mass is 32.1. The van der Waals surface area contributed by atoms with Gasteiger partial charge in [-0.15, -0.1) is 11.3 Å². The first-order valence-corrected chi connectivity index (χ1v) is 24.4. The molecule has 388 valence electrons. The molecule has 0 spiro atoms. The van der Waals surface area contributed by atoms with Crippen LogP contribution in [-0.4, -0.2) is 108 Å². The Labute approximate surface area is 443 Å². The highest BCUT2D eigenvalue weighted by Gasteiger charge is 2.44. The van der Waals surface area contributed by atoms with Gasteiger partial charge in [-0.25, -0.2) is 28.9 Å². The van der Waals surface area contributed by atoms with Crippen LogP contribution < -0.4 is 15.4 Å². The molecule has 7 heterocycles. The molecule has 22 heteroatoms. The summed E-state index contributed by atoms with van der Waals surface area (Å²) in [6.07, 6.45) is 8.13. The Balaban J connectivity index is 0.00000282. The average molecular weight is 1070 g/mol. The first kappa shape index (κ1) is 55.6. The third-order valence-corrected chi connectivity index (χ3v) is 14.5. The van der Waals surface area contributed by atoms with Gasteiger partial charge < -0.3 is 44.6 Å². The van der Waals surface area contributed by atoms with Crippen molar-refractivity contribution in [2.45, 2.75) is 116 Å². The Bertz CT molecular complexity index is 2930. The number of hydrogen-bond acceptors (Lipinski definition) is 11. The number of imidazole rings is 2. The van der Waals surface area contributed by atoms with Crippen LogP contribution in [0.25, 0.3) is 44.7 Å². The minimum absolute atomic E-state index is 0. The van der Waals surface area contributed by atoms with Gasteiger partial charge >= 0.3 is 12.2 Å². The Hall–Kier alpha value is -5.71. The summed E-state index contributed by atoms with van der Waals surface area (Å²) >= 11 is 1.65. The van der Waals surface area contributed by atoms with Crippen LogP contribution in [0.2, 0.25) is 0 Å². The number of alkyl halides is 1. The Morgan fingerprint density at radius 3 is 2.06 bits per heavy atom. The number of carbonyl (C=O) groups is 4. The maximum absolute atomic E-state index is 15.3. The smallest absolute Gasteiger partial charge is 0.407 e. The number of aromatic nitrogens is 6. The number of rotatable bonds is 13. The van der Waals surface area contributed by atoms with Crippen molar-refractivity contribution in [3.8, 4) is 39.5 Å². The van der Waals surface area contributed by atoms with Gasteiger partial charge in [0, 0.05) is 41.4 Å². The number of aromatic amines is 2. The van der Waals surface area contributed by atoms with E-state index in [1.54, 1.807) is 33.5 Å². The minimum atomic E-state index is -2.04. The van der Waals surface area contributed by atoms with Crippen LogP contribution in [0.3, 0.4) is 0 Å². The van der Waals surface area contributed by atoms with Crippen molar-refractivity contribution in [2.24, 2.45) is 5.92 Å². The second-order valence-electron chi connectivity index (χ2n) is 19.0. The molecule has 3 aliphatic rings. The van der Waals surface area contributed by atoms with Gasteiger partial charge in [-0.1, -0.05) is 26.8 Å². The summed E-state index contributed by atoms with van der Waals surface area (Å²) in [6, 6.07) is 9.71. The first-order valence-electron chi connectivity index (χ1n) is 23.6. The Kier molecular flexibility index (Phi) is 17.4. The zero-order chi connectivity index (χ0) is 48.9. The van der Waals surface area contributed by atoms with Gasteiger partial charge in [0.1, 0.15) is 35.2 Å². The van der Waals surface area contributed by atoms with Crippen LogP contribution in [0.15, 0.2) is 55.0 Å². The molecule has 0 saturated carbocycles. The number of H-pyrrole nitrogens is 2. The highest BCUT2D eigenvalue weighted by Crippen LogP contribution is 2.48. The third kappa shape index (κ3) is 10.7. The van der Waals surface area contributed by atoms with Crippen molar-refractivity contribution in [3.05, 3.63) is 82.1 Å². The monoisotopic (exact) mass is 1060 g/mol. The topological polar surface area (TPSA) is 202 Å². The molecular formula is C50H65FN10O7S4. The van der Waals surface area contributed by atoms with Crippen LogP contribution in [0.5, 0.6) is 5.75 Å². The number of nitrogens with one attached hydrogen (secondary N) is 4. The van der Waals surface area contributed by atoms with E-state index in [1.807, 2.05) is 32.2 Å². The lowest BCUT2D eigenvalue weighted by atomic mass is 9.98. The van der Waals surface area contributed by atoms with Gasteiger partial charge in [-0.2, -0.15) is 40.5 Å². The van der Waals surface area contributed by atoms with Crippen LogP contribution in [0.4, 0.5) is 14.0 Å². The van der Waals surface area contributed by atoms with Crippen LogP contribution in [0, 0.1) is 12.8 Å². The van der Waals surface area contributed by atoms with Crippen molar-refractivity contribution < 1.29 is 37.8 Å². The molecule has 9 rings (SSSR count). The summed E-state index contributed by atoms with van der Waals surface area (Å²) < 4.78 is 34.1. The molecule has 4 aromatic heterocycles. The van der Waals surface area contributed by atoms with E-state index in [0.717, 1.165) is 85.8 Å². The van der Waals surface area contributed by atoms with Crippen molar-refractivity contribution in [1.29, 1.82) is 0 Å².